The average molecular weight is 324 g/mol. The van der Waals surface area contributed by atoms with E-state index >= 15 is 0 Å². The fourth-order valence-electron chi connectivity index (χ4n) is 3.91. The molecule has 6 heteroatoms. The Morgan fingerprint density at radius 3 is 2.83 bits per heavy atom. The Labute approximate surface area is 142 Å². The zero-order valence-electron chi connectivity index (χ0n) is 14.2. The van der Waals surface area contributed by atoms with Gasteiger partial charge in [-0.3, -0.25) is 10.00 Å². The van der Waals surface area contributed by atoms with Crippen LogP contribution in [0.5, 0.6) is 0 Å². The zero-order chi connectivity index (χ0) is 16.1. The molecule has 0 atom stereocenters. The first-order valence-corrected chi connectivity index (χ1v) is 9.12. The second-order valence-electron chi connectivity index (χ2n) is 7.55. The van der Waals surface area contributed by atoms with Crippen LogP contribution in [0.15, 0.2) is 12.1 Å². The monoisotopic (exact) mass is 324 g/mol. The maximum absolute atomic E-state index is 4.53. The quantitative estimate of drug-likeness (QED) is 0.910. The lowest BCUT2D eigenvalue weighted by atomic mass is 10.1. The molecule has 3 heterocycles. The van der Waals surface area contributed by atoms with Gasteiger partial charge in [0.2, 0.25) is 0 Å². The lowest BCUT2D eigenvalue weighted by molar-refractivity contribution is 0.194. The molecule has 2 aromatic rings. The Morgan fingerprint density at radius 1 is 1.21 bits per heavy atom. The number of aryl methyl sites for hydroxylation is 1. The summed E-state index contributed by atoms with van der Waals surface area (Å²) >= 11 is 0. The molecule has 0 bridgehead atoms. The van der Waals surface area contributed by atoms with E-state index in [2.05, 4.69) is 49.4 Å². The van der Waals surface area contributed by atoms with Gasteiger partial charge in [0.05, 0.1) is 11.4 Å². The van der Waals surface area contributed by atoms with Gasteiger partial charge in [-0.25, -0.2) is 0 Å². The van der Waals surface area contributed by atoms with Gasteiger partial charge < -0.3 is 4.90 Å². The molecule has 6 nitrogen and oxygen atoms in total. The summed E-state index contributed by atoms with van der Waals surface area (Å²) in [5.41, 5.74) is 5.25. The summed E-state index contributed by atoms with van der Waals surface area (Å²) in [6.07, 6.45) is 6.18. The highest BCUT2D eigenvalue weighted by molar-refractivity contribution is 5.42. The fourth-order valence-corrected chi connectivity index (χ4v) is 3.91. The van der Waals surface area contributed by atoms with Gasteiger partial charge in [0, 0.05) is 37.3 Å². The molecule has 2 aliphatic carbocycles. The van der Waals surface area contributed by atoms with Crippen molar-refractivity contribution in [1.29, 1.82) is 0 Å². The van der Waals surface area contributed by atoms with Gasteiger partial charge in [-0.2, -0.15) is 10.2 Å². The van der Waals surface area contributed by atoms with Gasteiger partial charge >= 0.3 is 0 Å². The predicted octanol–water partition coefficient (Wildman–Crippen LogP) is 1.89. The summed E-state index contributed by atoms with van der Waals surface area (Å²) in [6.45, 7) is 3.00. The van der Waals surface area contributed by atoms with E-state index in [0.717, 1.165) is 25.5 Å². The molecule has 126 valence electrons. The molecule has 1 N–H and O–H groups in total. The van der Waals surface area contributed by atoms with Crippen LogP contribution in [-0.4, -0.2) is 51.5 Å². The molecular weight excluding hydrogens is 300 g/mol. The summed E-state index contributed by atoms with van der Waals surface area (Å²) in [5.74, 6) is 1.70. The Bertz CT molecular complexity index is 726. The van der Waals surface area contributed by atoms with Crippen molar-refractivity contribution in [2.75, 3.05) is 25.0 Å². The highest BCUT2D eigenvalue weighted by Crippen LogP contribution is 2.39. The Morgan fingerprint density at radius 2 is 2.08 bits per heavy atom. The number of nitrogens with zero attached hydrogens (tertiary/aromatic N) is 5. The number of rotatable bonds is 5. The van der Waals surface area contributed by atoms with Crippen molar-refractivity contribution in [3.8, 4) is 0 Å². The van der Waals surface area contributed by atoms with E-state index < -0.39 is 0 Å². The number of aromatic amines is 1. The second kappa shape index (κ2) is 5.55. The lowest BCUT2D eigenvalue weighted by Gasteiger charge is -2.44. The van der Waals surface area contributed by atoms with Gasteiger partial charge in [0.1, 0.15) is 0 Å². The van der Waals surface area contributed by atoms with Crippen LogP contribution < -0.4 is 4.90 Å². The van der Waals surface area contributed by atoms with E-state index in [9.17, 15) is 0 Å². The number of H-pyrrole nitrogens is 1. The number of fused-ring (bicyclic) bond motifs is 1. The predicted molar refractivity (Wildman–Crippen MR) is 92.1 cm³/mol. The highest BCUT2D eigenvalue weighted by atomic mass is 15.4. The van der Waals surface area contributed by atoms with Gasteiger partial charge in [-0.15, -0.1) is 5.10 Å². The number of hydrogen-bond donors (Lipinski definition) is 1. The van der Waals surface area contributed by atoms with Crippen LogP contribution in [0.1, 0.15) is 47.8 Å². The average Bonchev–Trinajstić information content (AvgIpc) is 3.17. The first-order chi connectivity index (χ1) is 11.8. The minimum atomic E-state index is 0.573. The maximum Gasteiger partial charge on any atom is 0.151 e. The smallest absolute Gasteiger partial charge is 0.151 e. The van der Waals surface area contributed by atoms with Crippen LogP contribution in [0.2, 0.25) is 0 Å². The highest BCUT2D eigenvalue weighted by Gasteiger charge is 2.32. The van der Waals surface area contributed by atoms with Crippen LogP contribution in [0, 0.1) is 0 Å². The van der Waals surface area contributed by atoms with E-state index in [0.29, 0.717) is 12.0 Å². The molecule has 3 aliphatic rings. The first-order valence-electron chi connectivity index (χ1n) is 9.12. The van der Waals surface area contributed by atoms with Crippen LogP contribution in [0.4, 0.5) is 5.82 Å². The Kier molecular flexibility index (Phi) is 3.33. The van der Waals surface area contributed by atoms with Gasteiger partial charge in [-0.1, -0.05) is 0 Å². The Balaban J connectivity index is 1.18. The van der Waals surface area contributed by atoms with E-state index in [1.54, 1.807) is 0 Å². The molecule has 0 unspecified atom stereocenters. The Hall–Kier alpha value is -1.95. The molecule has 2 aromatic heterocycles. The summed E-state index contributed by atoms with van der Waals surface area (Å²) < 4.78 is 0. The number of aromatic nitrogens is 4. The third-order valence-electron chi connectivity index (χ3n) is 5.77. The van der Waals surface area contributed by atoms with Crippen molar-refractivity contribution in [2.24, 2.45) is 0 Å². The molecule has 2 fully saturated rings. The third-order valence-corrected chi connectivity index (χ3v) is 5.77. The molecule has 1 saturated heterocycles. The van der Waals surface area contributed by atoms with Crippen molar-refractivity contribution in [2.45, 2.75) is 50.6 Å². The molecule has 5 rings (SSSR count). The van der Waals surface area contributed by atoms with E-state index in [1.165, 1.54) is 54.7 Å². The SMILES string of the molecule is CN(Cc1n[nH]c2c1CCC2)C1CN(c2ccc(C3CC3)nn2)C1. The number of anilines is 1. The topological polar surface area (TPSA) is 60.9 Å². The number of hydrogen-bond acceptors (Lipinski definition) is 5. The van der Waals surface area contributed by atoms with Gasteiger partial charge in [0.15, 0.2) is 5.82 Å². The van der Waals surface area contributed by atoms with Crippen LogP contribution in [-0.2, 0) is 19.4 Å². The van der Waals surface area contributed by atoms with E-state index in [4.69, 9.17) is 0 Å². The molecule has 0 aromatic carbocycles. The summed E-state index contributed by atoms with van der Waals surface area (Å²) in [6, 6.07) is 4.87. The molecular formula is C18H24N6. The van der Waals surface area contributed by atoms with Gasteiger partial charge in [0.25, 0.3) is 0 Å². The van der Waals surface area contributed by atoms with Crippen molar-refractivity contribution >= 4 is 5.82 Å². The lowest BCUT2D eigenvalue weighted by Crippen LogP contribution is -2.58. The maximum atomic E-state index is 4.53. The molecule has 1 saturated carbocycles. The molecule has 0 spiro atoms. The number of likely N-dealkylation sites (N-methyl/N-ethyl adjacent to an activating group) is 1. The van der Waals surface area contributed by atoms with Crippen molar-refractivity contribution in [3.63, 3.8) is 0 Å². The molecule has 0 radical (unpaired) electrons. The second-order valence-corrected chi connectivity index (χ2v) is 7.55. The van der Waals surface area contributed by atoms with Crippen LogP contribution in [0.3, 0.4) is 0 Å². The van der Waals surface area contributed by atoms with Crippen molar-refractivity contribution in [3.05, 3.63) is 34.8 Å². The van der Waals surface area contributed by atoms with E-state index in [-0.39, 0.29) is 0 Å². The normalized spacial score (nSPS) is 20.5. The minimum absolute atomic E-state index is 0.573. The number of nitrogens with one attached hydrogen (secondary N) is 1. The molecule has 0 amide bonds. The fraction of sp³-hybridized carbons (Fsp3) is 0.611. The van der Waals surface area contributed by atoms with Crippen molar-refractivity contribution in [1.82, 2.24) is 25.3 Å². The standard InChI is InChI=1S/C18H24N6/c1-23(11-17-14-3-2-4-16(14)20-21-17)13-9-24(10-13)18-8-7-15(19-22-18)12-5-6-12/h7-8,12-13H,2-6,9-11H2,1H3,(H,20,21). The molecule has 24 heavy (non-hydrogen) atoms. The van der Waals surface area contributed by atoms with Gasteiger partial charge in [-0.05, 0) is 56.8 Å². The summed E-state index contributed by atoms with van der Waals surface area (Å²) in [4.78, 5) is 4.75. The third kappa shape index (κ3) is 2.49. The van der Waals surface area contributed by atoms with Crippen LogP contribution in [0.25, 0.3) is 0 Å². The van der Waals surface area contributed by atoms with Crippen LogP contribution >= 0.6 is 0 Å². The van der Waals surface area contributed by atoms with Crippen molar-refractivity contribution < 1.29 is 0 Å². The first kappa shape index (κ1) is 14.4. The van der Waals surface area contributed by atoms with E-state index in [1.807, 2.05) is 0 Å². The zero-order valence-corrected chi connectivity index (χ0v) is 14.2. The molecule has 1 aliphatic heterocycles. The minimum Gasteiger partial charge on any atom is -0.352 e. The summed E-state index contributed by atoms with van der Waals surface area (Å²) in [7, 11) is 2.21. The summed E-state index contributed by atoms with van der Waals surface area (Å²) in [5, 5.41) is 16.6. The largest absolute Gasteiger partial charge is 0.352 e.